The maximum absolute atomic E-state index is 12.4. The van der Waals surface area contributed by atoms with Crippen molar-refractivity contribution in [3.63, 3.8) is 0 Å². The summed E-state index contributed by atoms with van der Waals surface area (Å²) < 4.78 is 0. The van der Waals surface area contributed by atoms with E-state index in [2.05, 4.69) is 62.5 Å². The molecule has 6 nitrogen and oxygen atoms in total. The highest BCUT2D eigenvalue weighted by atomic mass is 16.2. The monoisotopic (exact) mass is 466 g/mol. The second kappa shape index (κ2) is 13.9. The van der Waals surface area contributed by atoms with E-state index in [0.717, 1.165) is 25.7 Å². The normalized spacial score (nSPS) is 13.1. The fourth-order valence-corrected chi connectivity index (χ4v) is 4.07. The maximum atomic E-state index is 12.4. The van der Waals surface area contributed by atoms with Gasteiger partial charge in [-0.15, -0.1) is 0 Å². The van der Waals surface area contributed by atoms with E-state index in [4.69, 9.17) is 0 Å². The molecule has 6 heteroatoms. The van der Waals surface area contributed by atoms with Gasteiger partial charge in [0.25, 0.3) is 11.8 Å². The third-order valence-electron chi connectivity index (χ3n) is 6.47. The second-order valence-corrected chi connectivity index (χ2v) is 9.37. The Morgan fingerprint density at radius 2 is 0.971 bits per heavy atom. The molecule has 2 atom stereocenters. The van der Waals surface area contributed by atoms with Gasteiger partial charge in [-0.2, -0.15) is 0 Å². The maximum Gasteiger partial charge on any atom is 0.251 e. The molecule has 0 aromatic heterocycles. The van der Waals surface area contributed by atoms with Crippen molar-refractivity contribution in [3.8, 4) is 0 Å². The average Bonchev–Trinajstić information content (AvgIpc) is 2.83. The number of amides is 2. The predicted octanol–water partition coefficient (Wildman–Crippen LogP) is 3.61. The van der Waals surface area contributed by atoms with Gasteiger partial charge in [0, 0.05) is 36.3 Å². The first kappa shape index (κ1) is 27.5. The summed E-state index contributed by atoms with van der Waals surface area (Å²) in [5.74, 6) is -0.257. The smallest absolute Gasteiger partial charge is 0.251 e. The minimum absolute atomic E-state index is 0.129. The van der Waals surface area contributed by atoms with Gasteiger partial charge in [-0.1, -0.05) is 38.1 Å². The molecule has 2 rings (SSSR count). The van der Waals surface area contributed by atoms with Gasteiger partial charge in [-0.05, 0) is 89.3 Å². The van der Waals surface area contributed by atoms with Crippen molar-refractivity contribution in [2.75, 3.05) is 41.3 Å². The fraction of sp³-hybridized carbons (Fsp3) is 0.500. The first-order chi connectivity index (χ1) is 16.2. The SMILES string of the molecule is CCC(Cc1ccc(C(=O)NCCNC(=O)c2ccc(CC(CC)N(C)C)cc2)cc1)N(C)C. The molecular weight excluding hydrogens is 424 g/mol. The van der Waals surface area contributed by atoms with Crippen LogP contribution in [0.5, 0.6) is 0 Å². The summed E-state index contributed by atoms with van der Waals surface area (Å²) in [5, 5.41) is 5.75. The van der Waals surface area contributed by atoms with Crippen LogP contribution in [-0.2, 0) is 12.8 Å². The number of likely N-dealkylation sites (N-methyl/N-ethyl adjacent to an activating group) is 2. The molecule has 186 valence electrons. The minimum Gasteiger partial charge on any atom is -0.350 e. The third kappa shape index (κ3) is 8.58. The van der Waals surface area contributed by atoms with Gasteiger partial charge in [0.2, 0.25) is 0 Å². The van der Waals surface area contributed by atoms with Gasteiger partial charge in [0.15, 0.2) is 0 Å². The Morgan fingerprint density at radius 3 is 1.24 bits per heavy atom. The number of rotatable bonds is 13. The van der Waals surface area contributed by atoms with Gasteiger partial charge in [-0.3, -0.25) is 9.59 Å². The van der Waals surface area contributed by atoms with Crippen molar-refractivity contribution in [1.29, 1.82) is 0 Å². The van der Waals surface area contributed by atoms with Crippen molar-refractivity contribution in [2.45, 2.75) is 51.6 Å². The topological polar surface area (TPSA) is 64.7 Å². The van der Waals surface area contributed by atoms with E-state index in [1.807, 2.05) is 48.5 Å². The number of carbonyl (C=O) groups excluding carboxylic acids is 2. The highest BCUT2D eigenvalue weighted by molar-refractivity contribution is 5.95. The highest BCUT2D eigenvalue weighted by Crippen LogP contribution is 2.12. The van der Waals surface area contributed by atoms with Crippen LogP contribution in [0.3, 0.4) is 0 Å². The lowest BCUT2D eigenvalue weighted by atomic mass is 10.0. The summed E-state index contributed by atoms with van der Waals surface area (Å²) in [6.45, 7) is 5.14. The first-order valence-electron chi connectivity index (χ1n) is 12.3. The van der Waals surface area contributed by atoms with Crippen molar-refractivity contribution >= 4 is 11.8 Å². The molecule has 0 heterocycles. The minimum atomic E-state index is -0.129. The first-order valence-corrected chi connectivity index (χ1v) is 12.3. The molecule has 0 saturated carbocycles. The lowest BCUT2D eigenvalue weighted by Gasteiger charge is -2.22. The molecule has 2 amide bonds. The number of carbonyl (C=O) groups is 2. The Kier molecular flexibility index (Phi) is 11.2. The molecule has 0 fully saturated rings. The van der Waals surface area contributed by atoms with Crippen LogP contribution in [0, 0.1) is 0 Å². The van der Waals surface area contributed by atoms with Crippen molar-refractivity contribution < 1.29 is 9.59 Å². The second-order valence-electron chi connectivity index (χ2n) is 9.37. The van der Waals surface area contributed by atoms with Crippen LogP contribution < -0.4 is 10.6 Å². The molecule has 34 heavy (non-hydrogen) atoms. The summed E-state index contributed by atoms with van der Waals surface area (Å²) in [6, 6.07) is 16.5. The van der Waals surface area contributed by atoms with Crippen LogP contribution in [0.25, 0.3) is 0 Å². The van der Waals surface area contributed by atoms with E-state index in [0.29, 0.717) is 36.3 Å². The van der Waals surface area contributed by atoms with Crippen LogP contribution in [0.4, 0.5) is 0 Å². The van der Waals surface area contributed by atoms with Crippen molar-refractivity contribution in [3.05, 3.63) is 70.8 Å². The molecule has 0 aliphatic heterocycles. The summed E-state index contributed by atoms with van der Waals surface area (Å²) in [6.07, 6.45) is 4.10. The number of benzene rings is 2. The highest BCUT2D eigenvalue weighted by Gasteiger charge is 2.12. The summed E-state index contributed by atoms with van der Waals surface area (Å²) in [4.78, 5) is 29.3. The fourth-order valence-electron chi connectivity index (χ4n) is 4.07. The Morgan fingerprint density at radius 1 is 0.647 bits per heavy atom. The zero-order valence-corrected chi connectivity index (χ0v) is 21.7. The van der Waals surface area contributed by atoms with Gasteiger partial charge < -0.3 is 20.4 Å². The molecule has 0 spiro atoms. The molecule has 2 unspecified atom stereocenters. The van der Waals surface area contributed by atoms with E-state index in [1.54, 1.807) is 0 Å². The van der Waals surface area contributed by atoms with Crippen molar-refractivity contribution in [2.24, 2.45) is 0 Å². The molecule has 0 aliphatic carbocycles. The third-order valence-corrected chi connectivity index (χ3v) is 6.47. The largest absolute Gasteiger partial charge is 0.350 e. The zero-order chi connectivity index (χ0) is 25.1. The number of hydrogen-bond donors (Lipinski definition) is 2. The average molecular weight is 467 g/mol. The molecular formula is C28H42N4O2. The van der Waals surface area contributed by atoms with Gasteiger partial charge >= 0.3 is 0 Å². The quantitative estimate of drug-likeness (QED) is 0.443. The van der Waals surface area contributed by atoms with E-state index >= 15 is 0 Å². The molecule has 0 aliphatic rings. The summed E-state index contributed by atoms with van der Waals surface area (Å²) in [7, 11) is 8.38. The molecule has 0 radical (unpaired) electrons. The van der Waals surface area contributed by atoms with E-state index in [-0.39, 0.29) is 11.8 Å². The number of nitrogens with zero attached hydrogens (tertiary/aromatic N) is 2. The van der Waals surface area contributed by atoms with Gasteiger partial charge in [0.05, 0.1) is 0 Å². The summed E-state index contributed by atoms with van der Waals surface area (Å²) >= 11 is 0. The van der Waals surface area contributed by atoms with Gasteiger partial charge in [0.1, 0.15) is 0 Å². The molecule has 2 aromatic rings. The van der Waals surface area contributed by atoms with Crippen molar-refractivity contribution in [1.82, 2.24) is 20.4 Å². The number of nitrogens with one attached hydrogen (secondary N) is 2. The number of hydrogen-bond acceptors (Lipinski definition) is 4. The molecule has 2 aromatic carbocycles. The van der Waals surface area contributed by atoms with Crippen LogP contribution in [0.1, 0.15) is 58.5 Å². The van der Waals surface area contributed by atoms with E-state index < -0.39 is 0 Å². The van der Waals surface area contributed by atoms with Crippen LogP contribution >= 0.6 is 0 Å². The Bertz CT molecular complexity index is 816. The predicted molar refractivity (Wildman–Crippen MR) is 140 cm³/mol. The lowest BCUT2D eigenvalue weighted by Crippen LogP contribution is -2.34. The lowest BCUT2D eigenvalue weighted by molar-refractivity contribution is 0.0927. The molecule has 0 saturated heterocycles. The van der Waals surface area contributed by atoms with Crippen LogP contribution in [0.2, 0.25) is 0 Å². The van der Waals surface area contributed by atoms with E-state index in [1.165, 1.54) is 11.1 Å². The Labute approximate surface area is 205 Å². The van der Waals surface area contributed by atoms with E-state index in [9.17, 15) is 9.59 Å². The zero-order valence-electron chi connectivity index (χ0n) is 21.7. The summed E-state index contributed by atoms with van der Waals surface area (Å²) in [5.41, 5.74) is 3.71. The van der Waals surface area contributed by atoms with Gasteiger partial charge in [-0.25, -0.2) is 0 Å². The van der Waals surface area contributed by atoms with Crippen LogP contribution in [0.15, 0.2) is 48.5 Å². The standard InChI is InChI=1S/C28H42N4O2/c1-7-25(31(3)4)19-21-9-13-23(14-10-21)27(33)29-17-18-30-28(34)24-15-11-22(12-16-24)20-26(8-2)32(5)6/h9-16,25-26H,7-8,17-20H2,1-6H3,(H,29,33)(H,30,34). The molecule has 0 bridgehead atoms. The van der Waals surface area contributed by atoms with Crippen LogP contribution in [-0.4, -0.2) is 75.0 Å². The Hall–Kier alpha value is -2.70. The Balaban J connectivity index is 1.76. The molecule has 2 N–H and O–H groups in total.